The van der Waals surface area contributed by atoms with E-state index in [0.717, 1.165) is 43.9 Å². The van der Waals surface area contributed by atoms with Crippen LogP contribution in [-0.4, -0.2) is 93.7 Å². The summed E-state index contributed by atoms with van der Waals surface area (Å²) in [4.78, 5) is 43.9. The first-order valence-corrected chi connectivity index (χ1v) is 14.0. The van der Waals surface area contributed by atoms with Crippen LogP contribution in [0.5, 0.6) is 0 Å². The summed E-state index contributed by atoms with van der Waals surface area (Å²) >= 11 is 0. The third-order valence-corrected chi connectivity index (χ3v) is 8.63. The average molecular weight is 576 g/mol. The fourth-order valence-corrected chi connectivity index (χ4v) is 6.38. The van der Waals surface area contributed by atoms with Crippen molar-refractivity contribution in [2.75, 3.05) is 56.0 Å². The molecule has 0 atom stereocenters. The first kappa shape index (κ1) is 28.9. The molecule has 222 valence electrons. The molecule has 1 spiro atoms. The van der Waals surface area contributed by atoms with Crippen molar-refractivity contribution in [1.29, 1.82) is 0 Å². The molecule has 2 aromatic rings. The molecule has 1 N–H and O–H groups in total. The predicted molar refractivity (Wildman–Crippen MR) is 146 cm³/mol. The summed E-state index contributed by atoms with van der Waals surface area (Å²) in [5.41, 5.74) is 0.617. The lowest BCUT2D eigenvalue weighted by molar-refractivity contribution is -0.137. The Kier molecular flexibility index (Phi) is 8.00. The minimum atomic E-state index is -4.44. The van der Waals surface area contributed by atoms with Gasteiger partial charge in [-0.1, -0.05) is 6.07 Å². The number of aromatic nitrogens is 2. The maximum absolute atomic E-state index is 13.7. The van der Waals surface area contributed by atoms with E-state index in [1.54, 1.807) is 21.9 Å². The SMILES string of the molecule is CC(=O)Nc1ccn(C(=O)N2CCC3(CCCN3Cc3ccc(C(F)(F)F)cc3N3CCN(C(C)=O)CC3)CC2)n1. The van der Waals surface area contributed by atoms with E-state index in [9.17, 15) is 27.6 Å². The van der Waals surface area contributed by atoms with Gasteiger partial charge in [-0.25, -0.2) is 4.79 Å². The molecule has 0 bridgehead atoms. The first-order chi connectivity index (χ1) is 19.4. The second-order valence-electron chi connectivity index (χ2n) is 11.2. The zero-order chi connectivity index (χ0) is 29.4. The summed E-state index contributed by atoms with van der Waals surface area (Å²) in [7, 11) is 0. The van der Waals surface area contributed by atoms with Gasteiger partial charge in [0.15, 0.2) is 5.82 Å². The van der Waals surface area contributed by atoms with Gasteiger partial charge in [0.05, 0.1) is 5.56 Å². The van der Waals surface area contributed by atoms with Crippen molar-refractivity contribution in [3.05, 3.63) is 41.6 Å². The maximum Gasteiger partial charge on any atom is 0.416 e. The molecule has 1 aromatic carbocycles. The van der Waals surface area contributed by atoms with Gasteiger partial charge in [0.2, 0.25) is 11.8 Å². The number of amides is 3. The number of hydrogen-bond donors (Lipinski definition) is 1. The zero-order valence-electron chi connectivity index (χ0n) is 23.4. The summed E-state index contributed by atoms with van der Waals surface area (Å²) in [6.45, 7) is 7.24. The number of benzene rings is 1. The zero-order valence-corrected chi connectivity index (χ0v) is 23.4. The highest BCUT2D eigenvalue weighted by molar-refractivity contribution is 5.88. The summed E-state index contributed by atoms with van der Waals surface area (Å²) in [5.74, 6) is 0.0216. The van der Waals surface area contributed by atoms with Gasteiger partial charge in [0.25, 0.3) is 0 Å². The van der Waals surface area contributed by atoms with Gasteiger partial charge in [0, 0.05) is 83.2 Å². The van der Waals surface area contributed by atoms with Gasteiger partial charge in [-0.05, 0) is 49.9 Å². The maximum atomic E-state index is 13.7. The number of nitrogens with one attached hydrogen (secondary N) is 1. The largest absolute Gasteiger partial charge is 0.416 e. The van der Waals surface area contributed by atoms with E-state index in [4.69, 9.17) is 0 Å². The van der Waals surface area contributed by atoms with E-state index >= 15 is 0 Å². The molecule has 3 aliphatic heterocycles. The fraction of sp³-hybridized carbons (Fsp3) is 0.571. The van der Waals surface area contributed by atoms with E-state index < -0.39 is 11.7 Å². The molecular weight excluding hydrogens is 539 g/mol. The van der Waals surface area contributed by atoms with E-state index in [2.05, 4.69) is 15.3 Å². The van der Waals surface area contributed by atoms with Crippen LogP contribution in [0.4, 0.5) is 29.5 Å². The van der Waals surface area contributed by atoms with Crippen LogP contribution in [0, 0.1) is 0 Å². The van der Waals surface area contributed by atoms with Crippen molar-refractivity contribution in [2.45, 2.75) is 57.8 Å². The second-order valence-corrected chi connectivity index (χ2v) is 11.2. The van der Waals surface area contributed by atoms with Crippen molar-refractivity contribution >= 4 is 29.4 Å². The van der Waals surface area contributed by atoms with Crippen molar-refractivity contribution in [2.24, 2.45) is 0 Å². The molecule has 3 amide bonds. The average Bonchev–Trinajstić information content (AvgIpc) is 3.55. The Hall–Kier alpha value is -3.61. The highest BCUT2D eigenvalue weighted by atomic mass is 19.4. The Morgan fingerprint density at radius 2 is 1.63 bits per heavy atom. The highest BCUT2D eigenvalue weighted by Crippen LogP contribution is 2.41. The number of halogens is 3. The predicted octanol–water partition coefficient (Wildman–Crippen LogP) is 3.63. The van der Waals surface area contributed by atoms with Gasteiger partial charge in [0.1, 0.15) is 0 Å². The molecule has 0 aliphatic carbocycles. The minimum absolute atomic E-state index is 0.0292. The first-order valence-electron chi connectivity index (χ1n) is 14.0. The summed E-state index contributed by atoms with van der Waals surface area (Å²) in [6, 6.07) is 5.34. The topological polar surface area (TPSA) is 94.0 Å². The molecule has 0 radical (unpaired) electrons. The van der Waals surface area contributed by atoms with E-state index in [0.29, 0.717) is 57.3 Å². The third-order valence-electron chi connectivity index (χ3n) is 8.63. The normalized spacial score (nSPS) is 19.6. The van der Waals surface area contributed by atoms with E-state index in [1.807, 2.05) is 4.90 Å². The van der Waals surface area contributed by atoms with E-state index in [-0.39, 0.29) is 23.4 Å². The second kappa shape index (κ2) is 11.3. The van der Waals surface area contributed by atoms with Crippen LogP contribution in [0.25, 0.3) is 0 Å². The molecule has 3 aliphatic rings. The standard InChI is InChI=1S/C28H36F3N7O3/c1-20(39)32-25-6-11-38(33-25)26(41)36-12-8-27(9-13-36)7-3-10-37(27)19-22-4-5-23(28(29,30)31)18-24(22)35-16-14-34(15-17-35)21(2)40/h4-6,11,18H,3,7-10,12-17,19H2,1-2H3,(H,32,33,39). The number of rotatable bonds is 4. The molecule has 10 nitrogen and oxygen atoms in total. The summed E-state index contributed by atoms with van der Waals surface area (Å²) < 4.78 is 42.2. The van der Waals surface area contributed by atoms with E-state index in [1.165, 1.54) is 30.8 Å². The van der Waals surface area contributed by atoms with Gasteiger partial charge < -0.3 is 20.0 Å². The summed E-state index contributed by atoms with van der Waals surface area (Å²) in [5, 5.41) is 6.72. The number of hydrogen-bond acceptors (Lipinski definition) is 6. The van der Waals surface area contributed by atoms with Crippen LogP contribution in [0.3, 0.4) is 0 Å². The number of alkyl halides is 3. The van der Waals surface area contributed by atoms with Gasteiger partial charge >= 0.3 is 12.2 Å². The number of likely N-dealkylation sites (tertiary alicyclic amines) is 2. The molecule has 0 unspecified atom stereocenters. The van der Waals surface area contributed by atoms with Crippen LogP contribution in [0.15, 0.2) is 30.5 Å². The molecule has 4 heterocycles. The molecule has 0 saturated carbocycles. The molecule has 41 heavy (non-hydrogen) atoms. The van der Waals surface area contributed by atoms with Gasteiger partial charge in [-0.15, -0.1) is 5.10 Å². The van der Waals surface area contributed by atoms with Crippen LogP contribution < -0.4 is 10.2 Å². The van der Waals surface area contributed by atoms with Crippen molar-refractivity contribution < 1.29 is 27.6 Å². The molecule has 3 saturated heterocycles. The molecule has 1 aromatic heterocycles. The lowest BCUT2D eigenvalue weighted by Crippen LogP contribution is -2.53. The number of carbonyl (C=O) groups is 3. The fourth-order valence-electron chi connectivity index (χ4n) is 6.38. The number of anilines is 2. The van der Waals surface area contributed by atoms with Gasteiger partial charge in [-0.2, -0.15) is 17.9 Å². The molecule has 13 heteroatoms. The van der Waals surface area contributed by atoms with Crippen molar-refractivity contribution in [1.82, 2.24) is 24.5 Å². The van der Waals surface area contributed by atoms with Crippen LogP contribution in [0.2, 0.25) is 0 Å². The Morgan fingerprint density at radius 3 is 2.27 bits per heavy atom. The minimum Gasteiger partial charge on any atom is -0.368 e. The van der Waals surface area contributed by atoms with Gasteiger partial charge in [-0.3, -0.25) is 14.5 Å². The Labute approximate surface area is 237 Å². The van der Waals surface area contributed by atoms with Crippen LogP contribution >= 0.6 is 0 Å². The third kappa shape index (κ3) is 6.19. The number of carbonyl (C=O) groups excluding carboxylic acids is 3. The number of piperidine rings is 1. The quantitative estimate of drug-likeness (QED) is 0.599. The smallest absolute Gasteiger partial charge is 0.368 e. The van der Waals surface area contributed by atoms with Crippen LogP contribution in [0.1, 0.15) is 50.7 Å². The monoisotopic (exact) mass is 575 g/mol. The molecular formula is C28H36F3N7O3. The Bertz CT molecular complexity index is 1300. The molecule has 3 fully saturated rings. The number of nitrogens with zero attached hydrogens (tertiary/aromatic N) is 6. The highest BCUT2D eigenvalue weighted by Gasteiger charge is 2.44. The van der Waals surface area contributed by atoms with Crippen molar-refractivity contribution in [3.8, 4) is 0 Å². The molecule has 5 rings (SSSR count). The lowest BCUT2D eigenvalue weighted by atomic mass is 9.84. The Morgan fingerprint density at radius 1 is 0.927 bits per heavy atom. The summed E-state index contributed by atoms with van der Waals surface area (Å²) in [6.07, 6.45) is 0.553. The van der Waals surface area contributed by atoms with Crippen LogP contribution in [-0.2, 0) is 22.3 Å². The van der Waals surface area contributed by atoms with Crippen molar-refractivity contribution in [3.63, 3.8) is 0 Å². The lowest BCUT2D eigenvalue weighted by Gasteiger charge is -2.45. The number of piperazine rings is 1. The Balaban J connectivity index is 1.30.